The molecule has 2 rings (SSSR count). The number of hydrogen-bond donors (Lipinski definition) is 0. The van der Waals surface area contributed by atoms with E-state index in [1.54, 1.807) is 42.7 Å². The van der Waals surface area contributed by atoms with Crippen molar-refractivity contribution in [2.75, 3.05) is 0 Å². The highest BCUT2D eigenvalue weighted by molar-refractivity contribution is 5.54. The summed E-state index contributed by atoms with van der Waals surface area (Å²) in [4.78, 5) is 3.91. The van der Waals surface area contributed by atoms with E-state index in [1.807, 2.05) is 12.1 Å². The Hall–Kier alpha value is -2.85. The van der Waals surface area contributed by atoms with Crippen LogP contribution in [0, 0.1) is 22.7 Å². The lowest BCUT2D eigenvalue weighted by Gasteiger charge is -2.07. The van der Waals surface area contributed by atoms with Gasteiger partial charge in [-0.05, 0) is 24.3 Å². The molecule has 0 aliphatic heterocycles. The number of rotatable bonds is 2. The second-order valence-electron chi connectivity index (χ2n) is 3.19. The van der Waals surface area contributed by atoms with Gasteiger partial charge in [0.15, 0.2) is 0 Å². The Morgan fingerprint density at radius 1 is 1.06 bits per heavy atom. The molecule has 0 unspecified atom stereocenters. The van der Waals surface area contributed by atoms with Crippen LogP contribution >= 0.6 is 0 Å². The molecule has 1 heterocycles. The Bertz CT molecular complexity index is 609. The Morgan fingerprint density at radius 2 is 1.94 bits per heavy atom. The van der Waals surface area contributed by atoms with Gasteiger partial charge in [-0.15, -0.1) is 0 Å². The second kappa shape index (κ2) is 4.78. The molecule has 4 heteroatoms. The lowest BCUT2D eigenvalue weighted by molar-refractivity contribution is 0.478. The average molecular weight is 221 g/mol. The van der Waals surface area contributed by atoms with Crippen LogP contribution in [0.3, 0.4) is 0 Å². The first-order chi connectivity index (χ1) is 8.35. The van der Waals surface area contributed by atoms with Crippen molar-refractivity contribution in [1.82, 2.24) is 4.98 Å². The van der Waals surface area contributed by atoms with Crippen molar-refractivity contribution < 1.29 is 4.74 Å². The van der Waals surface area contributed by atoms with Gasteiger partial charge in [0.1, 0.15) is 29.2 Å². The third kappa shape index (κ3) is 2.22. The molecule has 0 radical (unpaired) electrons. The van der Waals surface area contributed by atoms with Crippen molar-refractivity contribution in [2.45, 2.75) is 0 Å². The van der Waals surface area contributed by atoms with E-state index in [1.165, 1.54) is 0 Å². The van der Waals surface area contributed by atoms with Gasteiger partial charge in [-0.2, -0.15) is 10.5 Å². The van der Waals surface area contributed by atoms with Crippen molar-refractivity contribution in [3.05, 3.63) is 53.9 Å². The Balaban J connectivity index is 2.41. The Labute approximate surface area is 98.3 Å². The van der Waals surface area contributed by atoms with Crippen LogP contribution in [0.2, 0.25) is 0 Å². The molecule has 0 bridgehead atoms. The van der Waals surface area contributed by atoms with Gasteiger partial charge in [-0.3, -0.25) is 4.98 Å². The van der Waals surface area contributed by atoms with Crippen molar-refractivity contribution in [3.8, 4) is 23.6 Å². The molecular formula is C13H7N3O. The molecule has 0 spiro atoms. The molecule has 0 aliphatic rings. The minimum atomic E-state index is 0.235. The first-order valence-corrected chi connectivity index (χ1v) is 4.86. The third-order valence-electron chi connectivity index (χ3n) is 2.12. The van der Waals surface area contributed by atoms with E-state index in [2.05, 4.69) is 4.98 Å². The number of ether oxygens (including phenoxy) is 1. The quantitative estimate of drug-likeness (QED) is 0.781. The molecule has 0 N–H and O–H groups in total. The SMILES string of the molecule is N#Cc1cccc(Oc2cccnc2)c1C#N. The number of nitriles is 2. The van der Waals surface area contributed by atoms with Crippen LogP contribution in [-0.2, 0) is 0 Å². The summed E-state index contributed by atoms with van der Waals surface area (Å²) >= 11 is 0. The number of pyridine rings is 1. The van der Waals surface area contributed by atoms with Crippen LogP contribution in [0.5, 0.6) is 11.5 Å². The van der Waals surface area contributed by atoms with E-state index in [0.29, 0.717) is 17.1 Å². The maximum atomic E-state index is 9.01. The minimum Gasteiger partial charge on any atom is -0.454 e. The van der Waals surface area contributed by atoms with E-state index < -0.39 is 0 Å². The van der Waals surface area contributed by atoms with Gasteiger partial charge in [0.25, 0.3) is 0 Å². The second-order valence-corrected chi connectivity index (χ2v) is 3.19. The Kier molecular flexibility index (Phi) is 3.00. The zero-order valence-corrected chi connectivity index (χ0v) is 8.79. The highest BCUT2D eigenvalue weighted by Crippen LogP contribution is 2.26. The van der Waals surface area contributed by atoms with Crippen molar-refractivity contribution in [1.29, 1.82) is 10.5 Å². The molecule has 0 amide bonds. The molecule has 4 nitrogen and oxygen atoms in total. The zero-order chi connectivity index (χ0) is 12.1. The molecule has 0 aliphatic carbocycles. The van der Waals surface area contributed by atoms with Crippen LogP contribution in [0.4, 0.5) is 0 Å². The number of benzene rings is 1. The molecule has 2 aromatic rings. The van der Waals surface area contributed by atoms with Crippen LogP contribution in [0.25, 0.3) is 0 Å². The molecular weight excluding hydrogens is 214 g/mol. The molecule has 0 fully saturated rings. The summed E-state index contributed by atoms with van der Waals surface area (Å²) in [6.45, 7) is 0. The predicted molar refractivity (Wildman–Crippen MR) is 60.2 cm³/mol. The van der Waals surface area contributed by atoms with Gasteiger partial charge in [0.2, 0.25) is 0 Å². The number of aromatic nitrogens is 1. The maximum Gasteiger partial charge on any atom is 0.146 e. The fourth-order valence-electron chi connectivity index (χ4n) is 1.36. The lowest BCUT2D eigenvalue weighted by atomic mass is 10.1. The monoisotopic (exact) mass is 221 g/mol. The molecule has 17 heavy (non-hydrogen) atoms. The molecule has 80 valence electrons. The fraction of sp³-hybridized carbons (Fsp3) is 0. The summed E-state index contributed by atoms with van der Waals surface area (Å²) in [5, 5.41) is 17.9. The molecule has 0 atom stereocenters. The summed E-state index contributed by atoms with van der Waals surface area (Å²) in [5.41, 5.74) is 0.535. The maximum absolute atomic E-state index is 9.01. The van der Waals surface area contributed by atoms with Crippen LogP contribution in [0.1, 0.15) is 11.1 Å². The van der Waals surface area contributed by atoms with Crippen molar-refractivity contribution >= 4 is 0 Å². The first kappa shape index (κ1) is 10.7. The highest BCUT2D eigenvalue weighted by Gasteiger charge is 2.09. The van der Waals surface area contributed by atoms with Gasteiger partial charge in [0.05, 0.1) is 11.8 Å². The van der Waals surface area contributed by atoms with Gasteiger partial charge >= 0.3 is 0 Å². The van der Waals surface area contributed by atoms with E-state index in [4.69, 9.17) is 15.3 Å². The van der Waals surface area contributed by atoms with Crippen molar-refractivity contribution in [2.24, 2.45) is 0 Å². The Morgan fingerprint density at radius 3 is 2.59 bits per heavy atom. The van der Waals surface area contributed by atoms with E-state index in [-0.39, 0.29) is 5.56 Å². The number of nitrogens with zero attached hydrogens (tertiary/aromatic N) is 3. The van der Waals surface area contributed by atoms with E-state index in [0.717, 1.165) is 0 Å². The van der Waals surface area contributed by atoms with Crippen molar-refractivity contribution in [3.63, 3.8) is 0 Å². The molecule has 0 saturated carbocycles. The summed E-state index contributed by atoms with van der Waals surface area (Å²) in [6.07, 6.45) is 3.17. The van der Waals surface area contributed by atoms with E-state index in [9.17, 15) is 0 Å². The predicted octanol–water partition coefficient (Wildman–Crippen LogP) is 2.62. The minimum absolute atomic E-state index is 0.235. The van der Waals surface area contributed by atoms with Gasteiger partial charge in [-0.1, -0.05) is 6.07 Å². The van der Waals surface area contributed by atoms with Crippen LogP contribution in [0.15, 0.2) is 42.7 Å². The van der Waals surface area contributed by atoms with Crippen LogP contribution < -0.4 is 4.74 Å². The average Bonchev–Trinajstić information content (AvgIpc) is 2.39. The molecule has 1 aromatic carbocycles. The highest BCUT2D eigenvalue weighted by atomic mass is 16.5. The summed E-state index contributed by atoms with van der Waals surface area (Å²) in [6, 6.07) is 12.3. The third-order valence-corrected chi connectivity index (χ3v) is 2.12. The largest absolute Gasteiger partial charge is 0.454 e. The van der Waals surface area contributed by atoms with Gasteiger partial charge < -0.3 is 4.74 Å². The lowest BCUT2D eigenvalue weighted by Crippen LogP contribution is -1.91. The van der Waals surface area contributed by atoms with Gasteiger partial charge in [0, 0.05) is 6.20 Å². The topological polar surface area (TPSA) is 69.7 Å². The normalized spacial score (nSPS) is 9.06. The standard InChI is InChI=1S/C13H7N3O/c14-7-10-3-1-5-13(12(10)8-15)17-11-4-2-6-16-9-11/h1-6,9H. The van der Waals surface area contributed by atoms with E-state index >= 15 is 0 Å². The number of hydrogen-bond acceptors (Lipinski definition) is 4. The smallest absolute Gasteiger partial charge is 0.146 e. The summed E-state index contributed by atoms with van der Waals surface area (Å²) in [7, 11) is 0. The zero-order valence-electron chi connectivity index (χ0n) is 8.79. The summed E-state index contributed by atoms with van der Waals surface area (Å²) < 4.78 is 5.51. The molecule has 0 saturated heterocycles. The first-order valence-electron chi connectivity index (χ1n) is 4.86. The van der Waals surface area contributed by atoms with Crippen LogP contribution in [-0.4, -0.2) is 4.98 Å². The summed E-state index contributed by atoms with van der Waals surface area (Å²) in [5.74, 6) is 0.888. The fourth-order valence-corrected chi connectivity index (χ4v) is 1.36. The van der Waals surface area contributed by atoms with Gasteiger partial charge in [-0.25, -0.2) is 0 Å². The molecule has 1 aromatic heterocycles.